The quantitative estimate of drug-likeness (QED) is 0.491. The molecule has 0 aliphatic carbocycles. The Balaban J connectivity index is 0.00000304. The molecule has 2 fully saturated rings. The van der Waals surface area contributed by atoms with Crippen LogP contribution in [-0.4, -0.2) is 41.9 Å². The number of benzene rings is 2. The fourth-order valence-electron chi connectivity index (χ4n) is 5.22. The third-order valence-corrected chi connectivity index (χ3v) is 8.22. The predicted octanol–water partition coefficient (Wildman–Crippen LogP) is 3.79. The van der Waals surface area contributed by atoms with Gasteiger partial charge in [-0.1, -0.05) is 36.8 Å². The van der Waals surface area contributed by atoms with Gasteiger partial charge in [0, 0.05) is 43.2 Å². The monoisotopic (exact) mass is 523 g/mol. The molecule has 5 rings (SSSR count). The van der Waals surface area contributed by atoms with Gasteiger partial charge in [0.2, 0.25) is 0 Å². The maximum atomic E-state index is 13.6. The van der Waals surface area contributed by atoms with Crippen LogP contribution in [-0.2, 0) is 13.0 Å². The van der Waals surface area contributed by atoms with Crippen molar-refractivity contribution in [1.29, 1.82) is 0 Å². The minimum absolute atomic E-state index is 0. The van der Waals surface area contributed by atoms with Crippen molar-refractivity contribution in [1.82, 2.24) is 9.80 Å². The Bertz CT molecular complexity index is 1200. The minimum atomic E-state index is -0.196. The Labute approximate surface area is 224 Å². The fourth-order valence-corrected chi connectivity index (χ4v) is 6.34. The number of halogens is 2. The first-order chi connectivity index (χ1) is 17.1. The molecule has 2 aromatic carbocycles. The normalized spacial score (nSPS) is 16.2. The lowest BCUT2D eigenvalue weighted by molar-refractivity contribution is -0.0000170. The van der Waals surface area contributed by atoms with Crippen molar-refractivity contribution in [3.8, 4) is 0 Å². The van der Waals surface area contributed by atoms with Gasteiger partial charge in [-0.05, 0) is 90.1 Å². The second kappa shape index (κ2) is 12.2. The number of rotatable bonds is 6. The summed E-state index contributed by atoms with van der Waals surface area (Å²) >= 11 is 1.79. The Morgan fingerprint density at radius 2 is 1.64 bits per heavy atom. The van der Waals surface area contributed by atoms with Gasteiger partial charge in [-0.15, -0.1) is 11.3 Å². The number of aryl methyl sites for hydroxylation is 1. The van der Waals surface area contributed by atoms with E-state index in [0.717, 1.165) is 76.0 Å². The summed E-state index contributed by atoms with van der Waals surface area (Å²) in [4.78, 5) is 18.5. The number of likely N-dealkylation sites (tertiary alicyclic amines) is 2. The van der Waals surface area contributed by atoms with Crippen LogP contribution in [0, 0.1) is 5.82 Å². The standard InChI is InChI=1S/C30H33FN2OS.ClH/c1-2-22-19-28(35-21-22)29(24-8-10-27(31)11-9-24)25-12-16-32(17-13-25)20-23-6-5-7-26(18-23)30(34)33-14-3-4-15-33;/h5-11,18-19,21H,2-4,12-17,20H2,1H3;1H/p-1. The number of hydrogen-bond acceptors (Lipinski definition) is 3. The van der Waals surface area contributed by atoms with Crippen molar-refractivity contribution < 1.29 is 21.6 Å². The van der Waals surface area contributed by atoms with Gasteiger partial charge < -0.3 is 17.3 Å². The summed E-state index contributed by atoms with van der Waals surface area (Å²) in [6, 6.07) is 17.4. The van der Waals surface area contributed by atoms with Gasteiger partial charge >= 0.3 is 0 Å². The third-order valence-electron chi connectivity index (χ3n) is 7.23. The van der Waals surface area contributed by atoms with Crippen LogP contribution < -0.4 is 12.4 Å². The highest BCUT2D eigenvalue weighted by molar-refractivity contribution is 7.11. The predicted molar refractivity (Wildman–Crippen MR) is 142 cm³/mol. The van der Waals surface area contributed by atoms with Crippen LogP contribution in [0.2, 0.25) is 0 Å². The number of piperidine rings is 1. The number of carbonyl (C=O) groups excluding carboxylic acids is 1. The number of thiophene rings is 1. The molecule has 36 heavy (non-hydrogen) atoms. The van der Waals surface area contributed by atoms with Gasteiger partial charge in [0.05, 0.1) is 0 Å². The average molecular weight is 524 g/mol. The van der Waals surface area contributed by atoms with E-state index in [4.69, 9.17) is 0 Å². The molecule has 2 aliphatic rings. The lowest BCUT2D eigenvalue weighted by atomic mass is 9.91. The lowest BCUT2D eigenvalue weighted by Gasteiger charge is -2.30. The summed E-state index contributed by atoms with van der Waals surface area (Å²) < 4.78 is 13.6. The van der Waals surface area contributed by atoms with E-state index in [1.807, 2.05) is 29.2 Å². The van der Waals surface area contributed by atoms with Crippen molar-refractivity contribution in [2.75, 3.05) is 26.2 Å². The van der Waals surface area contributed by atoms with Gasteiger partial charge in [0.25, 0.3) is 5.91 Å². The molecule has 2 saturated heterocycles. The third kappa shape index (κ3) is 6.08. The first-order valence-corrected chi connectivity index (χ1v) is 13.6. The molecule has 0 spiro atoms. The maximum Gasteiger partial charge on any atom is 0.253 e. The van der Waals surface area contributed by atoms with Crippen molar-refractivity contribution in [2.24, 2.45) is 0 Å². The SMILES string of the molecule is CCc1csc(C(=C2CCN(Cc3cccc(C(=O)N4CCCC4)c3)CC2)c2ccc(F)cc2)c1.[Cl-]. The number of hydrogen-bond donors (Lipinski definition) is 0. The Morgan fingerprint density at radius 1 is 0.917 bits per heavy atom. The highest BCUT2D eigenvalue weighted by atomic mass is 35.5. The molecule has 2 aliphatic heterocycles. The van der Waals surface area contributed by atoms with Crippen LogP contribution in [0.3, 0.4) is 0 Å². The molecule has 6 heteroatoms. The van der Waals surface area contributed by atoms with Crippen LogP contribution >= 0.6 is 11.3 Å². The molecule has 0 N–H and O–H groups in total. The van der Waals surface area contributed by atoms with Crippen LogP contribution in [0.15, 0.2) is 65.6 Å². The summed E-state index contributed by atoms with van der Waals surface area (Å²) in [6.07, 6.45) is 5.24. The zero-order valence-corrected chi connectivity index (χ0v) is 22.4. The van der Waals surface area contributed by atoms with Crippen molar-refractivity contribution >= 4 is 22.8 Å². The molecule has 3 heterocycles. The second-order valence-electron chi connectivity index (χ2n) is 9.63. The van der Waals surface area contributed by atoms with Gasteiger partial charge in [-0.2, -0.15) is 0 Å². The number of nitrogens with zero attached hydrogens (tertiary/aromatic N) is 2. The molecule has 0 saturated carbocycles. The number of amides is 1. The molecule has 0 unspecified atom stereocenters. The van der Waals surface area contributed by atoms with E-state index in [0.29, 0.717) is 0 Å². The van der Waals surface area contributed by atoms with E-state index in [9.17, 15) is 9.18 Å². The molecule has 190 valence electrons. The Kier molecular flexibility index (Phi) is 9.00. The molecular formula is C30H33ClFN2OS-. The highest BCUT2D eigenvalue weighted by Gasteiger charge is 2.22. The maximum absolute atomic E-state index is 13.6. The smallest absolute Gasteiger partial charge is 0.253 e. The second-order valence-corrected chi connectivity index (χ2v) is 10.5. The summed E-state index contributed by atoms with van der Waals surface area (Å²) in [5, 5.41) is 2.24. The Morgan fingerprint density at radius 3 is 2.31 bits per heavy atom. The summed E-state index contributed by atoms with van der Waals surface area (Å²) in [6.45, 7) is 6.77. The molecule has 0 atom stereocenters. The Hall–Kier alpha value is -2.47. The van der Waals surface area contributed by atoms with E-state index in [2.05, 4.69) is 35.4 Å². The van der Waals surface area contributed by atoms with Gasteiger partial charge in [0.15, 0.2) is 0 Å². The van der Waals surface area contributed by atoms with E-state index in [1.165, 1.54) is 27.2 Å². The van der Waals surface area contributed by atoms with Crippen LogP contribution in [0.4, 0.5) is 4.39 Å². The van der Waals surface area contributed by atoms with E-state index >= 15 is 0 Å². The van der Waals surface area contributed by atoms with Crippen LogP contribution in [0.25, 0.3) is 5.57 Å². The topological polar surface area (TPSA) is 23.6 Å². The molecule has 1 amide bonds. The van der Waals surface area contributed by atoms with Crippen LogP contribution in [0.5, 0.6) is 0 Å². The molecule has 1 aromatic heterocycles. The molecule has 3 aromatic rings. The minimum Gasteiger partial charge on any atom is -1.00 e. The molecular weight excluding hydrogens is 491 g/mol. The van der Waals surface area contributed by atoms with E-state index < -0.39 is 0 Å². The summed E-state index contributed by atoms with van der Waals surface area (Å²) in [5.74, 6) is -0.0293. The van der Waals surface area contributed by atoms with E-state index in [-0.39, 0.29) is 24.1 Å². The molecule has 0 radical (unpaired) electrons. The van der Waals surface area contributed by atoms with Gasteiger partial charge in [-0.25, -0.2) is 4.39 Å². The van der Waals surface area contributed by atoms with Crippen LogP contribution in [0.1, 0.15) is 64.5 Å². The van der Waals surface area contributed by atoms with Crippen molar-refractivity contribution in [3.63, 3.8) is 0 Å². The number of carbonyl (C=O) groups is 1. The molecule has 0 bridgehead atoms. The molecule has 3 nitrogen and oxygen atoms in total. The van der Waals surface area contributed by atoms with Gasteiger partial charge in [-0.3, -0.25) is 9.69 Å². The summed E-state index contributed by atoms with van der Waals surface area (Å²) in [5.41, 5.74) is 7.21. The first kappa shape index (κ1) is 26.6. The van der Waals surface area contributed by atoms with Crippen molar-refractivity contribution in [2.45, 2.75) is 45.6 Å². The fraction of sp³-hybridized carbons (Fsp3) is 0.367. The first-order valence-electron chi connectivity index (χ1n) is 12.8. The zero-order valence-electron chi connectivity index (χ0n) is 20.8. The lowest BCUT2D eigenvalue weighted by Crippen LogP contribution is -3.00. The largest absolute Gasteiger partial charge is 1.00 e. The van der Waals surface area contributed by atoms with E-state index in [1.54, 1.807) is 23.5 Å². The average Bonchev–Trinajstić information content (AvgIpc) is 3.59. The van der Waals surface area contributed by atoms with Crippen molar-refractivity contribution in [3.05, 3.63) is 98.5 Å². The summed E-state index contributed by atoms with van der Waals surface area (Å²) in [7, 11) is 0. The van der Waals surface area contributed by atoms with Gasteiger partial charge in [0.1, 0.15) is 5.82 Å². The zero-order chi connectivity index (χ0) is 24.2. The highest BCUT2D eigenvalue weighted by Crippen LogP contribution is 2.36.